The minimum atomic E-state index is -4.01. The van der Waals surface area contributed by atoms with Crippen LogP contribution in [0.3, 0.4) is 0 Å². The van der Waals surface area contributed by atoms with Crippen LogP contribution in [0, 0.1) is 0 Å². The van der Waals surface area contributed by atoms with Crippen molar-refractivity contribution in [2.45, 2.75) is 42.8 Å². The monoisotopic (exact) mass is 532 g/mol. The Morgan fingerprint density at radius 1 is 1.17 bits per heavy atom. The highest BCUT2D eigenvalue weighted by atomic mass is 32.2. The molecule has 0 aliphatic carbocycles. The van der Waals surface area contributed by atoms with Crippen LogP contribution in [0.25, 0.3) is 11.1 Å². The number of fused-ring (bicyclic) bond motifs is 1. The molecule has 36 heavy (non-hydrogen) atoms. The SMILES string of the molecule is CSCC[C@@H](NS(=O)(=O)c1ccc2c(c1)oc(=O)n2C)C(=O)NC1CCN(Cc2ccccc2)CC1. The molecule has 1 aliphatic rings. The number of oxazole rings is 1. The molecule has 2 heterocycles. The average molecular weight is 533 g/mol. The standard InChI is InChI=1S/C25H32N4O5S2/c1-28-22-9-8-20(16-23(22)34-25(28)31)36(32,33)27-21(12-15-35-2)24(30)26-19-10-13-29(14-11-19)17-18-6-4-3-5-7-18/h3-9,16,19,21,27H,10-15,17H2,1-2H3,(H,26,30)/t21-/m1/s1. The summed E-state index contributed by atoms with van der Waals surface area (Å²) in [6.45, 7) is 2.61. The molecule has 0 saturated carbocycles. The van der Waals surface area contributed by atoms with Gasteiger partial charge < -0.3 is 9.73 Å². The lowest BCUT2D eigenvalue weighted by atomic mass is 10.0. The van der Waals surface area contributed by atoms with Crippen molar-refractivity contribution in [2.24, 2.45) is 7.05 Å². The van der Waals surface area contributed by atoms with E-state index in [1.807, 2.05) is 24.5 Å². The van der Waals surface area contributed by atoms with E-state index in [0.717, 1.165) is 32.5 Å². The molecule has 11 heteroatoms. The van der Waals surface area contributed by atoms with E-state index in [4.69, 9.17) is 4.42 Å². The number of amides is 1. The lowest BCUT2D eigenvalue weighted by molar-refractivity contribution is -0.123. The van der Waals surface area contributed by atoms with Gasteiger partial charge in [0, 0.05) is 38.8 Å². The van der Waals surface area contributed by atoms with Gasteiger partial charge in [0.2, 0.25) is 15.9 Å². The third-order valence-corrected chi connectivity index (χ3v) is 8.59. The van der Waals surface area contributed by atoms with Gasteiger partial charge in [0.1, 0.15) is 6.04 Å². The number of carbonyl (C=O) groups excluding carboxylic acids is 1. The van der Waals surface area contributed by atoms with E-state index in [-0.39, 0.29) is 22.4 Å². The third kappa shape index (κ3) is 6.39. The van der Waals surface area contributed by atoms with Gasteiger partial charge in [-0.05, 0) is 49.0 Å². The summed E-state index contributed by atoms with van der Waals surface area (Å²) in [6.07, 6.45) is 3.90. The number of thioether (sulfide) groups is 1. The summed E-state index contributed by atoms with van der Waals surface area (Å²) in [5.41, 5.74) is 1.94. The van der Waals surface area contributed by atoms with Crippen LogP contribution in [0.1, 0.15) is 24.8 Å². The van der Waals surface area contributed by atoms with Crippen LogP contribution in [-0.2, 0) is 28.4 Å². The first-order valence-corrected chi connectivity index (χ1v) is 14.8. The molecule has 0 spiro atoms. The normalized spacial score (nSPS) is 16.3. The second-order valence-electron chi connectivity index (χ2n) is 9.06. The molecule has 0 radical (unpaired) electrons. The molecule has 1 fully saturated rings. The number of nitrogens with one attached hydrogen (secondary N) is 2. The number of sulfonamides is 1. The molecular formula is C25H32N4O5S2. The Balaban J connectivity index is 1.39. The Labute approximate surface area is 215 Å². The number of rotatable bonds is 10. The fourth-order valence-electron chi connectivity index (χ4n) is 4.39. The highest BCUT2D eigenvalue weighted by Crippen LogP contribution is 2.19. The molecular weight excluding hydrogens is 500 g/mol. The van der Waals surface area contributed by atoms with Crippen LogP contribution < -0.4 is 15.8 Å². The molecule has 1 atom stereocenters. The molecule has 0 bridgehead atoms. The third-order valence-electron chi connectivity index (χ3n) is 6.48. The summed E-state index contributed by atoms with van der Waals surface area (Å²) < 4.78 is 35.2. The topological polar surface area (TPSA) is 114 Å². The zero-order valence-corrected chi connectivity index (χ0v) is 22.1. The highest BCUT2D eigenvalue weighted by molar-refractivity contribution is 7.98. The van der Waals surface area contributed by atoms with Crippen molar-refractivity contribution >= 4 is 38.8 Å². The summed E-state index contributed by atoms with van der Waals surface area (Å²) >= 11 is 1.55. The lowest BCUT2D eigenvalue weighted by Crippen LogP contribution is -2.52. The largest absolute Gasteiger partial charge is 0.419 e. The van der Waals surface area contributed by atoms with Gasteiger partial charge in [-0.2, -0.15) is 16.5 Å². The summed E-state index contributed by atoms with van der Waals surface area (Å²) in [5.74, 6) is -0.260. The van der Waals surface area contributed by atoms with E-state index in [0.29, 0.717) is 17.7 Å². The Bertz CT molecular complexity index is 1350. The van der Waals surface area contributed by atoms with Gasteiger partial charge in [-0.15, -0.1) is 0 Å². The maximum atomic E-state index is 13.1. The van der Waals surface area contributed by atoms with Gasteiger partial charge in [-0.25, -0.2) is 13.2 Å². The smallest absolute Gasteiger partial charge is 0.408 e. The average Bonchev–Trinajstić information content (AvgIpc) is 3.16. The van der Waals surface area contributed by atoms with Gasteiger partial charge >= 0.3 is 5.76 Å². The fraction of sp³-hybridized carbons (Fsp3) is 0.440. The Hall–Kier alpha value is -2.60. The summed E-state index contributed by atoms with van der Waals surface area (Å²) in [6, 6.07) is 13.6. The number of benzene rings is 2. The minimum Gasteiger partial charge on any atom is -0.408 e. The quantitative estimate of drug-likeness (QED) is 0.412. The van der Waals surface area contributed by atoms with Crippen molar-refractivity contribution in [3.8, 4) is 0 Å². The second kappa shape index (κ2) is 11.6. The maximum Gasteiger partial charge on any atom is 0.419 e. The van der Waals surface area contributed by atoms with Gasteiger partial charge in [0.05, 0.1) is 10.4 Å². The van der Waals surface area contributed by atoms with Crippen molar-refractivity contribution < 1.29 is 17.6 Å². The Morgan fingerprint density at radius 2 is 1.89 bits per heavy atom. The molecule has 1 aromatic heterocycles. The molecule has 9 nitrogen and oxygen atoms in total. The lowest BCUT2D eigenvalue weighted by Gasteiger charge is -2.33. The summed E-state index contributed by atoms with van der Waals surface area (Å²) in [4.78, 5) is 27.2. The van der Waals surface area contributed by atoms with Crippen molar-refractivity contribution in [1.29, 1.82) is 0 Å². The van der Waals surface area contributed by atoms with E-state index in [2.05, 4.69) is 27.1 Å². The molecule has 0 unspecified atom stereocenters. The molecule has 1 saturated heterocycles. The predicted octanol–water partition coefficient (Wildman–Crippen LogP) is 2.31. The number of hydrogen-bond donors (Lipinski definition) is 2. The van der Waals surface area contributed by atoms with E-state index in [1.165, 1.54) is 28.3 Å². The van der Waals surface area contributed by atoms with Crippen molar-refractivity contribution in [3.63, 3.8) is 0 Å². The maximum absolute atomic E-state index is 13.1. The van der Waals surface area contributed by atoms with Crippen molar-refractivity contribution in [3.05, 3.63) is 64.6 Å². The van der Waals surface area contributed by atoms with E-state index < -0.39 is 21.8 Å². The van der Waals surface area contributed by atoms with Crippen molar-refractivity contribution in [2.75, 3.05) is 25.1 Å². The van der Waals surface area contributed by atoms with Crippen LogP contribution in [-0.4, -0.2) is 61.0 Å². The minimum absolute atomic E-state index is 0.000695. The first kappa shape index (κ1) is 26.5. The first-order chi connectivity index (χ1) is 17.3. The number of carbonyl (C=O) groups is 1. The zero-order valence-electron chi connectivity index (χ0n) is 20.5. The Morgan fingerprint density at radius 3 is 2.58 bits per heavy atom. The molecule has 194 valence electrons. The number of hydrogen-bond acceptors (Lipinski definition) is 7. The molecule has 3 aromatic rings. The van der Waals surface area contributed by atoms with Crippen LogP contribution in [0.2, 0.25) is 0 Å². The molecule has 1 amide bonds. The van der Waals surface area contributed by atoms with E-state index in [9.17, 15) is 18.0 Å². The summed E-state index contributed by atoms with van der Waals surface area (Å²) in [5, 5.41) is 3.06. The van der Waals surface area contributed by atoms with Gasteiger partial charge in [-0.1, -0.05) is 30.3 Å². The number of aromatic nitrogens is 1. The van der Waals surface area contributed by atoms with Crippen LogP contribution in [0.4, 0.5) is 0 Å². The molecule has 4 rings (SSSR count). The van der Waals surface area contributed by atoms with Crippen LogP contribution >= 0.6 is 11.8 Å². The zero-order chi connectivity index (χ0) is 25.7. The van der Waals surface area contributed by atoms with E-state index >= 15 is 0 Å². The van der Waals surface area contributed by atoms with Gasteiger partial charge in [0.15, 0.2) is 5.58 Å². The fourth-order valence-corrected chi connectivity index (χ4v) is 6.11. The second-order valence-corrected chi connectivity index (χ2v) is 11.8. The van der Waals surface area contributed by atoms with Crippen molar-refractivity contribution in [1.82, 2.24) is 19.5 Å². The molecule has 2 aromatic carbocycles. The van der Waals surface area contributed by atoms with Crippen LogP contribution in [0.15, 0.2) is 62.6 Å². The van der Waals surface area contributed by atoms with Gasteiger partial charge in [0.25, 0.3) is 0 Å². The van der Waals surface area contributed by atoms with Gasteiger partial charge in [-0.3, -0.25) is 14.3 Å². The molecule has 2 N–H and O–H groups in total. The highest BCUT2D eigenvalue weighted by Gasteiger charge is 2.29. The number of likely N-dealkylation sites (tertiary alicyclic amines) is 1. The number of piperidine rings is 1. The number of aryl methyl sites for hydroxylation is 1. The number of nitrogens with zero attached hydrogens (tertiary/aromatic N) is 2. The van der Waals surface area contributed by atoms with Crippen LogP contribution in [0.5, 0.6) is 0 Å². The summed E-state index contributed by atoms with van der Waals surface area (Å²) in [7, 11) is -2.46. The van der Waals surface area contributed by atoms with E-state index in [1.54, 1.807) is 18.8 Å². The Kier molecular flexibility index (Phi) is 8.55. The molecule has 1 aliphatic heterocycles. The predicted molar refractivity (Wildman–Crippen MR) is 141 cm³/mol. The first-order valence-electron chi connectivity index (χ1n) is 11.9.